The maximum Gasteiger partial charge on any atom is 0.209 e. The summed E-state index contributed by atoms with van der Waals surface area (Å²) >= 11 is 3.35. The molecule has 2 aromatic rings. The van der Waals surface area contributed by atoms with Crippen LogP contribution in [0.4, 0.5) is 5.69 Å². The van der Waals surface area contributed by atoms with E-state index in [1.54, 1.807) is 12.4 Å². The molecule has 6 heteroatoms. The number of anilines is 1. The molecule has 0 aliphatic rings. The number of aromatic nitrogens is 1. The molecule has 1 aromatic heterocycles. The summed E-state index contributed by atoms with van der Waals surface area (Å²) in [6.45, 7) is 0.632. The van der Waals surface area contributed by atoms with Crippen LogP contribution in [0.2, 0.25) is 0 Å². The topological polar surface area (TPSA) is 73.1 Å². The lowest BCUT2D eigenvalue weighted by molar-refractivity contribution is 0.830. The van der Waals surface area contributed by atoms with Crippen LogP contribution in [0, 0.1) is 11.5 Å². The summed E-state index contributed by atoms with van der Waals surface area (Å²) in [5.74, 6) is 0.426. The zero-order valence-corrected chi connectivity index (χ0v) is 13.5. The number of aryl methyl sites for hydroxylation is 1. The molecule has 0 unspecified atom stereocenters. The highest BCUT2D eigenvalue weighted by molar-refractivity contribution is 9.10. The van der Waals surface area contributed by atoms with Crippen LogP contribution in [0.15, 0.2) is 58.3 Å². The standard InChI is InChI=1S/C16H16BrN5/c17-14-9-15(11-19-10-14)22-16(21-12-18)20-8-4-7-13-5-2-1-3-6-13/h1-3,5-6,9-11H,4,7-8H2,(H2,20,21,22). The van der Waals surface area contributed by atoms with Crippen LogP contribution in [0.1, 0.15) is 12.0 Å². The average Bonchev–Trinajstić information content (AvgIpc) is 2.53. The van der Waals surface area contributed by atoms with Crippen molar-refractivity contribution >= 4 is 27.6 Å². The van der Waals surface area contributed by atoms with Crippen molar-refractivity contribution in [3.05, 3.63) is 58.8 Å². The minimum Gasteiger partial charge on any atom is -0.324 e. The summed E-state index contributed by atoms with van der Waals surface area (Å²) in [4.78, 5) is 8.44. The van der Waals surface area contributed by atoms with Gasteiger partial charge in [0.15, 0.2) is 6.19 Å². The fourth-order valence-electron chi connectivity index (χ4n) is 1.90. The third-order valence-corrected chi connectivity index (χ3v) is 3.31. The second-order valence-corrected chi connectivity index (χ2v) is 5.49. The number of hydrogen-bond acceptors (Lipinski definition) is 3. The van der Waals surface area contributed by atoms with Gasteiger partial charge in [-0.3, -0.25) is 15.3 Å². The fraction of sp³-hybridized carbons (Fsp3) is 0.188. The van der Waals surface area contributed by atoms with E-state index in [9.17, 15) is 0 Å². The number of benzene rings is 1. The van der Waals surface area contributed by atoms with Gasteiger partial charge in [0.25, 0.3) is 0 Å². The van der Waals surface area contributed by atoms with Crippen LogP contribution in [-0.4, -0.2) is 17.5 Å². The Balaban J connectivity index is 1.88. The number of halogens is 1. The Morgan fingerprint density at radius 1 is 1.27 bits per heavy atom. The van der Waals surface area contributed by atoms with Crippen LogP contribution < -0.4 is 10.6 Å². The highest BCUT2D eigenvalue weighted by atomic mass is 79.9. The van der Waals surface area contributed by atoms with Gasteiger partial charge in [-0.1, -0.05) is 30.3 Å². The number of aliphatic imine (C=N–C) groups is 1. The Morgan fingerprint density at radius 3 is 2.82 bits per heavy atom. The van der Waals surface area contributed by atoms with E-state index in [2.05, 4.69) is 48.7 Å². The Hall–Kier alpha value is -2.39. The lowest BCUT2D eigenvalue weighted by atomic mass is 10.1. The van der Waals surface area contributed by atoms with Gasteiger partial charge in [0.2, 0.25) is 5.96 Å². The van der Waals surface area contributed by atoms with E-state index in [0.29, 0.717) is 12.5 Å². The van der Waals surface area contributed by atoms with Gasteiger partial charge in [-0.15, -0.1) is 0 Å². The molecule has 0 bridgehead atoms. The molecule has 22 heavy (non-hydrogen) atoms. The van der Waals surface area contributed by atoms with Gasteiger partial charge in [0.05, 0.1) is 11.9 Å². The third kappa shape index (κ3) is 5.54. The molecule has 0 spiro atoms. The van der Waals surface area contributed by atoms with Gasteiger partial charge in [0.1, 0.15) is 0 Å². The van der Waals surface area contributed by atoms with Crippen molar-refractivity contribution in [2.75, 3.05) is 11.9 Å². The Bertz CT molecular complexity index is 664. The van der Waals surface area contributed by atoms with E-state index in [0.717, 1.165) is 23.0 Å². The molecular weight excluding hydrogens is 342 g/mol. The number of guanidine groups is 1. The van der Waals surface area contributed by atoms with E-state index in [1.807, 2.05) is 30.5 Å². The first kappa shape index (κ1) is 16.0. The molecule has 2 rings (SSSR count). The Labute approximate surface area is 138 Å². The number of nitriles is 1. The largest absolute Gasteiger partial charge is 0.324 e. The number of pyridine rings is 1. The van der Waals surface area contributed by atoms with Crippen LogP contribution in [0.3, 0.4) is 0 Å². The molecule has 0 saturated heterocycles. The predicted octanol–water partition coefficient (Wildman–Crippen LogP) is 3.32. The van der Waals surface area contributed by atoms with Crippen molar-refractivity contribution in [1.29, 1.82) is 5.26 Å². The van der Waals surface area contributed by atoms with Crippen LogP contribution in [-0.2, 0) is 6.42 Å². The van der Waals surface area contributed by atoms with E-state index in [-0.39, 0.29) is 0 Å². The summed E-state index contributed by atoms with van der Waals surface area (Å²) in [7, 11) is 0. The molecule has 0 amide bonds. The second kappa shape index (κ2) is 8.80. The highest BCUT2D eigenvalue weighted by Crippen LogP contribution is 2.13. The summed E-state index contributed by atoms with van der Waals surface area (Å²) in [6, 6.07) is 12.1. The van der Waals surface area contributed by atoms with E-state index >= 15 is 0 Å². The zero-order chi connectivity index (χ0) is 15.6. The van der Waals surface area contributed by atoms with E-state index in [4.69, 9.17) is 5.26 Å². The molecule has 0 aliphatic heterocycles. The van der Waals surface area contributed by atoms with E-state index in [1.165, 1.54) is 5.56 Å². The van der Waals surface area contributed by atoms with Crippen molar-refractivity contribution in [3.63, 3.8) is 0 Å². The lowest BCUT2D eigenvalue weighted by Gasteiger charge is -2.08. The van der Waals surface area contributed by atoms with Crippen molar-refractivity contribution in [2.24, 2.45) is 4.99 Å². The predicted molar refractivity (Wildman–Crippen MR) is 91.4 cm³/mol. The maximum atomic E-state index is 8.80. The first-order valence-corrected chi connectivity index (χ1v) is 7.68. The second-order valence-electron chi connectivity index (χ2n) is 4.57. The SMILES string of the molecule is N#CNC(=NCCCc1ccccc1)Nc1cncc(Br)c1. The van der Waals surface area contributed by atoms with Crippen LogP contribution in [0.5, 0.6) is 0 Å². The van der Waals surface area contributed by atoms with Gasteiger partial charge >= 0.3 is 0 Å². The molecule has 2 N–H and O–H groups in total. The quantitative estimate of drug-likeness (QED) is 0.283. The highest BCUT2D eigenvalue weighted by Gasteiger charge is 2.00. The van der Waals surface area contributed by atoms with Crippen LogP contribution in [0.25, 0.3) is 0 Å². The average molecular weight is 358 g/mol. The van der Waals surface area contributed by atoms with Gasteiger partial charge in [-0.2, -0.15) is 5.26 Å². The molecule has 0 atom stereocenters. The smallest absolute Gasteiger partial charge is 0.209 e. The summed E-state index contributed by atoms with van der Waals surface area (Å²) < 4.78 is 0.859. The molecular formula is C16H16BrN5. The summed E-state index contributed by atoms with van der Waals surface area (Å²) in [5, 5.41) is 14.4. The van der Waals surface area contributed by atoms with Crippen LogP contribution >= 0.6 is 15.9 Å². The zero-order valence-electron chi connectivity index (χ0n) is 12.0. The monoisotopic (exact) mass is 357 g/mol. The number of nitrogens with one attached hydrogen (secondary N) is 2. The molecule has 1 heterocycles. The molecule has 0 fully saturated rings. The molecule has 1 aromatic carbocycles. The van der Waals surface area contributed by atoms with Crippen molar-refractivity contribution in [2.45, 2.75) is 12.8 Å². The third-order valence-electron chi connectivity index (χ3n) is 2.88. The fourth-order valence-corrected chi connectivity index (χ4v) is 2.26. The van der Waals surface area contributed by atoms with Gasteiger partial charge < -0.3 is 5.32 Å². The minimum atomic E-state index is 0.426. The first-order chi connectivity index (χ1) is 10.8. The van der Waals surface area contributed by atoms with Crippen molar-refractivity contribution in [3.8, 4) is 6.19 Å². The normalized spacial score (nSPS) is 10.8. The molecule has 0 aliphatic carbocycles. The summed E-state index contributed by atoms with van der Waals surface area (Å²) in [6.07, 6.45) is 7.13. The summed E-state index contributed by atoms with van der Waals surface area (Å²) in [5.41, 5.74) is 2.05. The number of rotatable bonds is 5. The number of nitrogens with zero attached hydrogens (tertiary/aromatic N) is 3. The van der Waals surface area contributed by atoms with Gasteiger partial charge in [-0.05, 0) is 40.4 Å². The molecule has 5 nitrogen and oxygen atoms in total. The van der Waals surface area contributed by atoms with Crippen molar-refractivity contribution in [1.82, 2.24) is 10.3 Å². The number of hydrogen-bond donors (Lipinski definition) is 2. The maximum absolute atomic E-state index is 8.80. The molecule has 0 radical (unpaired) electrons. The van der Waals surface area contributed by atoms with Crippen molar-refractivity contribution < 1.29 is 0 Å². The Morgan fingerprint density at radius 2 is 2.09 bits per heavy atom. The Kier molecular flexibility index (Phi) is 6.39. The van der Waals surface area contributed by atoms with E-state index < -0.39 is 0 Å². The lowest BCUT2D eigenvalue weighted by Crippen LogP contribution is -2.27. The minimum absolute atomic E-state index is 0.426. The molecule has 112 valence electrons. The van der Waals surface area contributed by atoms with Gasteiger partial charge in [0, 0.05) is 17.2 Å². The van der Waals surface area contributed by atoms with Gasteiger partial charge in [-0.25, -0.2) is 0 Å². The first-order valence-electron chi connectivity index (χ1n) is 6.89. The molecule has 0 saturated carbocycles.